The Morgan fingerprint density at radius 3 is 1.68 bits per heavy atom. The van der Waals surface area contributed by atoms with Crippen molar-refractivity contribution in [1.82, 2.24) is 0 Å². The summed E-state index contributed by atoms with van der Waals surface area (Å²) in [6.07, 6.45) is -15.7. The molecule has 15 heteroatoms. The molecule has 202 valence electrons. The van der Waals surface area contributed by atoms with Gasteiger partial charge in [-0.15, -0.1) is 0 Å². The van der Waals surface area contributed by atoms with E-state index in [4.69, 9.17) is 0 Å². The van der Waals surface area contributed by atoms with Crippen LogP contribution in [0.2, 0.25) is 0 Å². The molecular formula is C19H23F13O2. The summed E-state index contributed by atoms with van der Waals surface area (Å²) >= 11 is 0. The highest BCUT2D eigenvalue weighted by Gasteiger charge is 2.87. The van der Waals surface area contributed by atoms with E-state index >= 15 is 0 Å². The summed E-state index contributed by atoms with van der Waals surface area (Å²) in [7, 11) is 0. The predicted molar refractivity (Wildman–Crippen MR) is 93.5 cm³/mol. The van der Waals surface area contributed by atoms with Crippen molar-refractivity contribution in [3.63, 3.8) is 0 Å². The number of hydrogen-bond donors (Lipinski definition) is 0. The van der Waals surface area contributed by atoms with E-state index in [2.05, 4.69) is 11.3 Å². The molecule has 0 aliphatic carbocycles. The summed E-state index contributed by atoms with van der Waals surface area (Å²) in [5.41, 5.74) is -0.659. The second-order valence-electron chi connectivity index (χ2n) is 7.69. The van der Waals surface area contributed by atoms with Crippen LogP contribution in [0.15, 0.2) is 12.2 Å². The average Bonchev–Trinajstić information content (AvgIpc) is 2.67. The van der Waals surface area contributed by atoms with E-state index in [0.717, 1.165) is 6.92 Å². The van der Waals surface area contributed by atoms with Crippen molar-refractivity contribution < 1.29 is 66.6 Å². The Kier molecular flexibility index (Phi) is 10.4. The van der Waals surface area contributed by atoms with Gasteiger partial charge in [-0.3, -0.25) is 0 Å². The third-order valence-corrected chi connectivity index (χ3v) is 4.71. The molecule has 0 N–H and O–H groups in total. The Labute approximate surface area is 186 Å². The number of carbonyl (C=O) groups excluding carboxylic acids is 1. The highest BCUT2D eigenvalue weighted by molar-refractivity contribution is 5.87. The SMILES string of the molecule is C=C(C)C(=O)OC(CCCCCC)C(F)(F)C(F)(F)C(F)(F)C(F)(F)C(F)(F)CCC(F)(F)F. The fraction of sp³-hybridized carbons (Fsp3) is 0.842. The Balaban J connectivity index is 6.26. The quantitative estimate of drug-likeness (QED) is 0.0986. The largest absolute Gasteiger partial charge is 0.452 e. The minimum atomic E-state index is -7.56. The van der Waals surface area contributed by atoms with E-state index in [1.54, 1.807) is 6.92 Å². The maximum Gasteiger partial charge on any atom is 0.389 e. The van der Waals surface area contributed by atoms with Crippen molar-refractivity contribution in [1.29, 1.82) is 0 Å². The number of ether oxygens (including phenoxy) is 1. The monoisotopic (exact) mass is 530 g/mol. The average molecular weight is 530 g/mol. The highest BCUT2D eigenvalue weighted by Crippen LogP contribution is 2.59. The smallest absolute Gasteiger partial charge is 0.389 e. The lowest BCUT2D eigenvalue weighted by Crippen LogP contribution is -2.69. The minimum absolute atomic E-state index is 0.0430. The fourth-order valence-corrected chi connectivity index (χ4v) is 2.59. The summed E-state index contributed by atoms with van der Waals surface area (Å²) in [4.78, 5) is 11.5. The number of unbranched alkanes of at least 4 members (excludes halogenated alkanes) is 3. The van der Waals surface area contributed by atoms with E-state index in [1.807, 2.05) is 0 Å². The van der Waals surface area contributed by atoms with Crippen molar-refractivity contribution >= 4 is 5.97 Å². The summed E-state index contributed by atoms with van der Waals surface area (Å²) in [6.45, 7) is 5.46. The lowest BCUT2D eigenvalue weighted by atomic mass is 9.89. The number of alkyl halides is 13. The summed E-state index contributed by atoms with van der Waals surface area (Å²) in [5.74, 6) is -36.8. The summed E-state index contributed by atoms with van der Waals surface area (Å²) in [6, 6.07) is 0. The molecule has 1 unspecified atom stereocenters. The molecule has 0 fully saturated rings. The first-order chi connectivity index (χ1) is 15.0. The Morgan fingerprint density at radius 2 is 1.26 bits per heavy atom. The lowest BCUT2D eigenvalue weighted by Gasteiger charge is -2.41. The second kappa shape index (κ2) is 10.9. The lowest BCUT2D eigenvalue weighted by molar-refractivity contribution is -0.411. The topological polar surface area (TPSA) is 26.3 Å². The van der Waals surface area contributed by atoms with Gasteiger partial charge < -0.3 is 4.74 Å². The number of hydrogen-bond acceptors (Lipinski definition) is 2. The van der Waals surface area contributed by atoms with E-state index in [9.17, 15) is 61.9 Å². The standard InChI is InChI=1S/C19H23F13O2/c1-4-5-6-7-8-12(34-13(33)11(2)3)16(25,26)18(29,30)19(31,32)17(27,28)14(20,21)9-10-15(22,23)24/h12H,2,4-10H2,1,3H3. The van der Waals surface area contributed by atoms with Crippen LogP contribution in [0.1, 0.15) is 58.8 Å². The van der Waals surface area contributed by atoms with Crippen LogP contribution >= 0.6 is 0 Å². The van der Waals surface area contributed by atoms with E-state index in [-0.39, 0.29) is 6.42 Å². The highest BCUT2D eigenvalue weighted by atomic mass is 19.4. The molecule has 2 nitrogen and oxygen atoms in total. The van der Waals surface area contributed by atoms with Crippen molar-refractivity contribution in [2.75, 3.05) is 0 Å². The molecule has 34 heavy (non-hydrogen) atoms. The van der Waals surface area contributed by atoms with Gasteiger partial charge in [0.2, 0.25) is 0 Å². The molecule has 1 atom stereocenters. The van der Waals surface area contributed by atoms with Crippen LogP contribution in [0.25, 0.3) is 0 Å². The zero-order chi connectivity index (χ0) is 27.4. The van der Waals surface area contributed by atoms with Crippen LogP contribution in [0, 0.1) is 0 Å². The molecule has 0 radical (unpaired) electrons. The minimum Gasteiger partial charge on any atom is -0.452 e. The molecule has 0 saturated carbocycles. The van der Waals surface area contributed by atoms with E-state index < -0.39 is 79.1 Å². The van der Waals surface area contributed by atoms with Gasteiger partial charge in [-0.2, -0.15) is 57.1 Å². The van der Waals surface area contributed by atoms with Crippen LogP contribution in [-0.2, 0) is 9.53 Å². The molecule has 0 aromatic rings. The first-order valence-corrected chi connectivity index (χ1v) is 9.82. The predicted octanol–water partition coefficient (Wildman–Crippen LogP) is 7.96. The first-order valence-electron chi connectivity index (χ1n) is 9.82. The van der Waals surface area contributed by atoms with Gasteiger partial charge in [0.1, 0.15) is 0 Å². The van der Waals surface area contributed by atoms with Crippen LogP contribution < -0.4 is 0 Å². The van der Waals surface area contributed by atoms with Gasteiger partial charge in [-0.25, -0.2) is 4.79 Å². The third-order valence-electron chi connectivity index (χ3n) is 4.71. The van der Waals surface area contributed by atoms with Gasteiger partial charge in [0.25, 0.3) is 0 Å². The van der Waals surface area contributed by atoms with E-state index in [1.165, 1.54) is 0 Å². The van der Waals surface area contributed by atoms with Gasteiger partial charge >= 0.3 is 41.8 Å². The number of carbonyl (C=O) groups is 1. The third kappa shape index (κ3) is 6.92. The Bertz CT molecular complexity index is 699. The molecule has 0 heterocycles. The molecule has 0 rings (SSSR count). The van der Waals surface area contributed by atoms with Crippen molar-refractivity contribution in [3.8, 4) is 0 Å². The molecule has 0 bridgehead atoms. The number of halogens is 13. The van der Waals surface area contributed by atoms with Crippen molar-refractivity contribution in [2.45, 2.75) is 101 Å². The van der Waals surface area contributed by atoms with Crippen LogP contribution in [0.5, 0.6) is 0 Å². The molecule has 0 aliphatic rings. The van der Waals surface area contributed by atoms with Gasteiger partial charge in [-0.1, -0.05) is 32.8 Å². The van der Waals surface area contributed by atoms with Gasteiger partial charge in [-0.05, 0) is 19.8 Å². The van der Waals surface area contributed by atoms with Crippen LogP contribution in [0.3, 0.4) is 0 Å². The van der Waals surface area contributed by atoms with E-state index in [0.29, 0.717) is 12.8 Å². The fourth-order valence-electron chi connectivity index (χ4n) is 2.59. The first kappa shape index (κ1) is 32.3. The van der Waals surface area contributed by atoms with Crippen molar-refractivity contribution in [2.24, 2.45) is 0 Å². The molecule has 0 saturated heterocycles. The Hall–Kier alpha value is -1.70. The molecule has 0 aliphatic heterocycles. The Morgan fingerprint density at radius 1 is 0.765 bits per heavy atom. The summed E-state index contributed by atoms with van der Waals surface area (Å²) < 4.78 is 180. The van der Waals surface area contributed by atoms with Crippen LogP contribution in [-0.4, -0.2) is 47.9 Å². The summed E-state index contributed by atoms with van der Waals surface area (Å²) in [5, 5.41) is 0. The number of esters is 1. The molecule has 0 amide bonds. The zero-order valence-electron chi connectivity index (χ0n) is 18.0. The molecule has 0 spiro atoms. The molecular weight excluding hydrogens is 507 g/mol. The zero-order valence-corrected chi connectivity index (χ0v) is 18.0. The van der Waals surface area contributed by atoms with Gasteiger partial charge in [0.15, 0.2) is 6.10 Å². The second-order valence-corrected chi connectivity index (χ2v) is 7.69. The molecule has 0 aromatic heterocycles. The molecule has 0 aromatic carbocycles. The maximum absolute atomic E-state index is 14.5. The van der Waals surface area contributed by atoms with Gasteiger partial charge in [0, 0.05) is 18.4 Å². The number of rotatable bonds is 14. The normalized spacial score (nSPS) is 15.3. The maximum atomic E-state index is 14.5. The van der Waals surface area contributed by atoms with Crippen molar-refractivity contribution in [3.05, 3.63) is 12.2 Å². The van der Waals surface area contributed by atoms with Crippen LogP contribution in [0.4, 0.5) is 57.1 Å². The van der Waals surface area contributed by atoms with Gasteiger partial charge in [0.05, 0.1) is 0 Å².